The molecular weight excluding hydrogens is 409 g/mol. The van der Waals surface area contributed by atoms with Crippen molar-refractivity contribution in [2.24, 2.45) is 5.73 Å². The van der Waals surface area contributed by atoms with Gasteiger partial charge in [0.25, 0.3) is 0 Å². The van der Waals surface area contributed by atoms with Crippen LogP contribution in [0.25, 0.3) is 0 Å². The van der Waals surface area contributed by atoms with Crippen molar-refractivity contribution < 1.29 is 18.7 Å². The molecule has 2 amide bonds. The van der Waals surface area contributed by atoms with Crippen LogP contribution in [0, 0.1) is 5.82 Å². The first-order valence-corrected chi connectivity index (χ1v) is 10.4. The number of amides is 2. The van der Waals surface area contributed by atoms with E-state index >= 15 is 0 Å². The summed E-state index contributed by atoms with van der Waals surface area (Å²) in [5.74, 6) is 0.302. The molecule has 3 rings (SSSR count). The highest BCUT2D eigenvalue weighted by Crippen LogP contribution is 2.28. The summed E-state index contributed by atoms with van der Waals surface area (Å²) >= 11 is 5.97. The van der Waals surface area contributed by atoms with Crippen LogP contribution in [0.5, 0.6) is 5.75 Å². The maximum atomic E-state index is 13.1. The standard InChI is InChI=1S/C22H27ClFN3O3/c1-15-14-30-19(11-16-3-6-18(24)7-4-16)13-27(15)9-2-10-29-21-8-5-17(23)12-20(21)26-22(25)28/h3-8,12,15,19H,2,9-11,13-14H2,1H3,(H3,25,26,28)/t15-,19+/m0/s1. The number of morpholine rings is 1. The predicted octanol–water partition coefficient (Wildman–Crippen LogP) is 4.07. The lowest BCUT2D eigenvalue weighted by Crippen LogP contribution is -2.49. The first-order chi connectivity index (χ1) is 14.4. The minimum absolute atomic E-state index is 0.0789. The molecule has 2 atom stereocenters. The average Bonchev–Trinajstić information content (AvgIpc) is 2.70. The molecule has 2 aromatic rings. The van der Waals surface area contributed by atoms with E-state index in [2.05, 4.69) is 17.1 Å². The second-order valence-electron chi connectivity index (χ2n) is 7.46. The van der Waals surface area contributed by atoms with Gasteiger partial charge in [-0.15, -0.1) is 0 Å². The fourth-order valence-electron chi connectivity index (χ4n) is 3.50. The molecule has 1 fully saturated rings. The number of urea groups is 1. The van der Waals surface area contributed by atoms with Crippen LogP contribution in [0.4, 0.5) is 14.9 Å². The summed E-state index contributed by atoms with van der Waals surface area (Å²) in [6, 6.07) is 11.2. The molecule has 3 N–H and O–H groups in total. The van der Waals surface area contributed by atoms with Crippen LogP contribution < -0.4 is 15.8 Å². The number of nitrogens with one attached hydrogen (secondary N) is 1. The Bertz CT molecular complexity index is 850. The van der Waals surface area contributed by atoms with Gasteiger partial charge in [0.1, 0.15) is 11.6 Å². The molecule has 0 unspecified atom stereocenters. The van der Waals surface area contributed by atoms with Crippen molar-refractivity contribution in [3.8, 4) is 5.75 Å². The second kappa shape index (κ2) is 10.6. The Labute approximate surface area is 181 Å². The van der Waals surface area contributed by atoms with Gasteiger partial charge in [0.15, 0.2) is 0 Å². The van der Waals surface area contributed by atoms with Gasteiger partial charge >= 0.3 is 6.03 Å². The number of primary amides is 1. The highest BCUT2D eigenvalue weighted by molar-refractivity contribution is 6.31. The summed E-state index contributed by atoms with van der Waals surface area (Å²) in [7, 11) is 0. The van der Waals surface area contributed by atoms with Gasteiger partial charge < -0.3 is 20.5 Å². The Morgan fingerprint density at radius 1 is 1.33 bits per heavy atom. The molecule has 6 nitrogen and oxygen atoms in total. The van der Waals surface area contributed by atoms with E-state index in [4.69, 9.17) is 26.8 Å². The molecule has 0 radical (unpaired) electrons. The number of carbonyl (C=O) groups excluding carboxylic acids is 1. The lowest BCUT2D eigenvalue weighted by Gasteiger charge is -2.38. The van der Waals surface area contributed by atoms with Gasteiger partial charge in [0.2, 0.25) is 0 Å². The zero-order valence-corrected chi connectivity index (χ0v) is 17.7. The minimum atomic E-state index is -0.670. The largest absolute Gasteiger partial charge is 0.491 e. The van der Waals surface area contributed by atoms with Crippen LogP contribution in [0.2, 0.25) is 5.02 Å². The Balaban J connectivity index is 1.48. The van der Waals surface area contributed by atoms with E-state index in [1.54, 1.807) is 30.3 Å². The van der Waals surface area contributed by atoms with E-state index in [9.17, 15) is 9.18 Å². The van der Waals surface area contributed by atoms with Crippen molar-refractivity contribution in [3.05, 3.63) is 58.9 Å². The van der Waals surface area contributed by atoms with Crippen LogP contribution in [0.3, 0.4) is 0 Å². The molecule has 1 heterocycles. The summed E-state index contributed by atoms with van der Waals surface area (Å²) in [5, 5.41) is 3.01. The van der Waals surface area contributed by atoms with Crippen LogP contribution >= 0.6 is 11.6 Å². The van der Waals surface area contributed by atoms with Gasteiger partial charge in [-0.3, -0.25) is 4.90 Å². The zero-order valence-electron chi connectivity index (χ0n) is 16.9. The van der Waals surface area contributed by atoms with Crippen LogP contribution in [-0.4, -0.2) is 49.4 Å². The SMILES string of the molecule is C[C@H]1CO[C@H](Cc2ccc(F)cc2)CN1CCCOc1ccc(Cl)cc1NC(N)=O. The van der Waals surface area contributed by atoms with Crippen molar-refractivity contribution >= 4 is 23.3 Å². The molecular formula is C22H27ClFN3O3. The number of benzene rings is 2. The minimum Gasteiger partial charge on any atom is -0.491 e. The van der Waals surface area contributed by atoms with Gasteiger partial charge in [-0.2, -0.15) is 0 Å². The van der Waals surface area contributed by atoms with E-state index in [1.165, 1.54) is 12.1 Å². The molecule has 162 valence electrons. The van der Waals surface area contributed by atoms with E-state index in [1.807, 2.05) is 0 Å². The number of hydrogen-bond donors (Lipinski definition) is 2. The Hall–Kier alpha value is -2.35. The lowest BCUT2D eigenvalue weighted by molar-refractivity contribution is -0.0583. The fourth-order valence-corrected chi connectivity index (χ4v) is 3.67. The molecule has 8 heteroatoms. The average molecular weight is 436 g/mol. The number of anilines is 1. The first kappa shape index (κ1) is 22.3. The van der Waals surface area contributed by atoms with Crippen molar-refractivity contribution in [1.29, 1.82) is 0 Å². The summed E-state index contributed by atoms with van der Waals surface area (Å²) in [6.07, 6.45) is 1.65. The van der Waals surface area contributed by atoms with Gasteiger partial charge in [0, 0.05) is 24.2 Å². The lowest BCUT2D eigenvalue weighted by atomic mass is 10.1. The Morgan fingerprint density at radius 2 is 2.10 bits per heavy atom. The third kappa shape index (κ3) is 6.58. The number of hydrogen-bond acceptors (Lipinski definition) is 4. The van der Waals surface area contributed by atoms with Crippen molar-refractivity contribution in [2.75, 3.05) is 31.6 Å². The molecule has 1 aliphatic heterocycles. The van der Waals surface area contributed by atoms with Crippen molar-refractivity contribution in [2.45, 2.75) is 31.9 Å². The summed E-state index contributed by atoms with van der Waals surface area (Å²) in [6.45, 7) is 4.96. The highest BCUT2D eigenvalue weighted by atomic mass is 35.5. The normalized spacial score (nSPS) is 19.4. The Kier molecular flexibility index (Phi) is 7.90. The third-order valence-corrected chi connectivity index (χ3v) is 5.29. The smallest absolute Gasteiger partial charge is 0.316 e. The van der Waals surface area contributed by atoms with Gasteiger partial charge in [-0.25, -0.2) is 9.18 Å². The number of nitrogens with zero attached hydrogens (tertiary/aromatic N) is 1. The van der Waals surface area contributed by atoms with E-state index in [0.717, 1.165) is 31.5 Å². The number of carbonyl (C=O) groups is 1. The van der Waals surface area contributed by atoms with Crippen LogP contribution in [0.1, 0.15) is 18.9 Å². The second-order valence-corrected chi connectivity index (χ2v) is 7.90. The van der Waals surface area contributed by atoms with Gasteiger partial charge in [-0.05, 0) is 55.7 Å². The summed E-state index contributed by atoms with van der Waals surface area (Å²) < 4.78 is 24.9. The molecule has 30 heavy (non-hydrogen) atoms. The summed E-state index contributed by atoms with van der Waals surface area (Å²) in [4.78, 5) is 13.5. The van der Waals surface area contributed by atoms with E-state index in [-0.39, 0.29) is 11.9 Å². The molecule has 0 spiro atoms. The predicted molar refractivity (Wildman–Crippen MR) is 116 cm³/mol. The molecule has 0 bridgehead atoms. The molecule has 2 aromatic carbocycles. The topological polar surface area (TPSA) is 76.8 Å². The van der Waals surface area contributed by atoms with Crippen LogP contribution in [-0.2, 0) is 11.2 Å². The monoisotopic (exact) mass is 435 g/mol. The molecule has 1 aliphatic rings. The van der Waals surface area contributed by atoms with E-state index < -0.39 is 6.03 Å². The number of nitrogens with two attached hydrogens (primary N) is 1. The quantitative estimate of drug-likeness (QED) is 0.613. The molecule has 0 saturated carbocycles. The maximum Gasteiger partial charge on any atom is 0.316 e. The summed E-state index contributed by atoms with van der Waals surface area (Å²) in [5.41, 5.74) is 6.72. The molecule has 0 aliphatic carbocycles. The molecule has 1 saturated heterocycles. The third-order valence-electron chi connectivity index (χ3n) is 5.06. The van der Waals surface area contributed by atoms with Gasteiger partial charge in [0.05, 0.1) is 25.0 Å². The Morgan fingerprint density at radius 3 is 2.83 bits per heavy atom. The first-order valence-electron chi connectivity index (χ1n) is 9.99. The number of ether oxygens (including phenoxy) is 2. The zero-order chi connectivity index (χ0) is 21.5. The van der Waals surface area contributed by atoms with Crippen molar-refractivity contribution in [3.63, 3.8) is 0 Å². The van der Waals surface area contributed by atoms with Crippen molar-refractivity contribution in [1.82, 2.24) is 4.90 Å². The maximum absolute atomic E-state index is 13.1. The number of rotatable bonds is 8. The van der Waals surface area contributed by atoms with Crippen LogP contribution in [0.15, 0.2) is 42.5 Å². The van der Waals surface area contributed by atoms with Gasteiger partial charge in [-0.1, -0.05) is 23.7 Å². The highest BCUT2D eigenvalue weighted by Gasteiger charge is 2.25. The molecule has 0 aromatic heterocycles. The van der Waals surface area contributed by atoms with E-state index in [0.29, 0.717) is 35.7 Å². The number of halogens is 2. The fraction of sp³-hybridized carbons (Fsp3) is 0.409.